The number of esters is 1. The summed E-state index contributed by atoms with van der Waals surface area (Å²) >= 11 is 3.26. The van der Waals surface area contributed by atoms with Gasteiger partial charge in [-0.05, 0) is 37.6 Å². The molecule has 0 unspecified atom stereocenters. The van der Waals surface area contributed by atoms with Gasteiger partial charge in [0, 0.05) is 4.47 Å². The lowest BCUT2D eigenvalue weighted by Gasteiger charge is -2.11. The van der Waals surface area contributed by atoms with E-state index in [1.54, 1.807) is 18.2 Å². The quantitative estimate of drug-likeness (QED) is 0.526. The second-order valence-electron chi connectivity index (χ2n) is 3.87. The number of carbonyl (C=O) groups excluding carboxylic acids is 2. The third kappa shape index (κ3) is 2.92. The minimum absolute atomic E-state index is 0.252. The van der Waals surface area contributed by atoms with Crippen molar-refractivity contribution in [3.8, 4) is 5.75 Å². The van der Waals surface area contributed by atoms with Crippen LogP contribution < -0.4 is 10.1 Å². The number of ether oxygens (including phenoxy) is 1. The van der Waals surface area contributed by atoms with Crippen LogP contribution in [0.2, 0.25) is 0 Å². The summed E-state index contributed by atoms with van der Waals surface area (Å²) in [5.41, 5.74) is 0.366. The van der Waals surface area contributed by atoms with Crippen molar-refractivity contribution in [3.05, 3.63) is 28.2 Å². The van der Waals surface area contributed by atoms with Crippen molar-refractivity contribution in [2.75, 3.05) is 6.54 Å². The molecule has 1 atom stereocenters. The highest BCUT2D eigenvalue weighted by Crippen LogP contribution is 2.22. The Kier molecular flexibility index (Phi) is 3.91. The van der Waals surface area contributed by atoms with Crippen LogP contribution in [0.25, 0.3) is 0 Å². The SMILES string of the molecule is O=Cc1cc(Br)ccc1OC(=O)[C@@H]1CCCN1. The molecule has 0 saturated carbocycles. The van der Waals surface area contributed by atoms with Gasteiger partial charge in [0.05, 0.1) is 5.56 Å². The molecular weight excluding hydrogens is 286 g/mol. The number of aldehydes is 1. The van der Waals surface area contributed by atoms with Gasteiger partial charge < -0.3 is 10.1 Å². The first-order valence-electron chi connectivity index (χ1n) is 5.40. The summed E-state index contributed by atoms with van der Waals surface area (Å²) in [7, 11) is 0. The smallest absolute Gasteiger partial charge is 0.328 e. The van der Waals surface area contributed by atoms with Crippen molar-refractivity contribution in [2.45, 2.75) is 18.9 Å². The molecule has 1 aliphatic rings. The van der Waals surface area contributed by atoms with Crippen LogP contribution in [0.15, 0.2) is 22.7 Å². The monoisotopic (exact) mass is 297 g/mol. The number of halogens is 1. The molecule has 1 heterocycles. The van der Waals surface area contributed by atoms with Crippen LogP contribution in [0.1, 0.15) is 23.2 Å². The Balaban J connectivity index is 2.12. The molecule has 0 radical (unpaired) electrons. The van der Waals surface area contributed by atoms with E-state index in [-0.39, 0.29) is 12.0 Å². The first kappa shape index (κ1) is 12.3. The van der Waals surface area contributed by atoms with Crippen LogP contribution in [0.5, 0.6) is 5.75 Å². The van der Waals surface area contributed by atoms with Crippen molar-refractivity contribution in [1.29, 1.82) is 0 Å². The topological polar surface area (TPSA) is 55.4 Å². The Morgan fingerprint density at radius 3 is 3.00 bits per heavy atom. The van der Waals surface area contributed by atoms with Gasteiger partial charge in [-0.3, -0.25) is 4.79 Å². The maximum absolute atomic E-state index is 11.8. The molecule has 2 rings (SSSR count). The lowest BCUT2D eigenvalue weighted by Crippen LogP contribution is -2.34. The van der Waals surface area contributed by atoms with E-state index in [2.05, 4.69) is 21.2 Å². The van der Waals surface area contributed by atoms with Crippen molar-refractivity contribution in [1.82, 2.24) is 5.32 Å². The van der Waals surface area contributed by atoms with Crippen molar-refractivity contribution in [2.24, 2.45) is 0 Å². The molecule has 0 aromatic heterocycles. The number of nitrogens with one attached hydrogen (secondary N) is 1. The number of carbonyl (C=O) groups is 2. The molecule has 4 nitrogen and oxygen atoms in total. The summed E-state index contributed by atoms with van der Waals surface area (Å²) in [5, 5.41) is 3.05. The Hall–Kier alpha value is -1.20. The first-order valence-corrected chi connectivity index (χ1v) is 6.20. The maximum Gasteiger partial charge on any atom is 0.328 e. The number of rotatable bonds is 3. The Morgan fingerprint density at radius 1 is 1.53 bits per heavy atom. The molecule has 1 aromatic rings. The summed E-state index contributed by atoms with van der Waals surface area (Å²) in [4.78, 5) is 22.6. The molecule has 1 aromatic carbocycles. The molecule has 1 saturated heterocycles. The highest BCUT2D eigenvalue weighted by molar-refractivity contribution is 9.10. The van der Waals surface area contributed by atoms with Gasteiger partial charge in [0.2, 0.25) is 0 Å². The van der Waals surface area contributed by atoms with Crippen LogP contribution in [-0.2, 0) is 4.79 Å². The lowest BCUT2D eigenvalue weighted by atomic mass is 10.2. The van der Waals surface area contributed by atoms with E-state index >= 15 is 0 Å². The molecule has 17 heavy (non-hydrogen) atoms. The van der Waals surface area contributed by atoms with E-state index in [1.807, 2.05) is 0 Å². The summed E-state index contributed by atoms with van der Waals surface area (Å²) in [6.07, 6.45) is 2.43. The fourth-order valence-electron chi connectivity index (χ4n) is 1.77. The summed E-state index contributed by atoms with van der Waals surface area (Å²) < 4.78 is 6.00. The molecule has 90 valence electrons. The predicted molar refractivity (Wildman–Crippen MR) is 66.2 cm³/mol. The van der Waals surface area contributed by atoms with E-state index in [1.165, 1.54) is 0 Å². The van der Waals surface area contributed by atoms with Crippen LogP contribution in [0.3, 0.4) is 0 Å². The highest BCUT2D eigenvalue weighted by atomic mass is 79.9. The Labute approximate surface area is 107 Å². The first-order chi connectivity index (χ1) is 8.20. The molecular formula is C12H12BrNO3. The third-order valence-corrected chi connectivity index (χ3v) is 3.15. The third-order valence-electron chi connectivity index (χ3n) is 2.65. The zero-order valence-corrected chi connectivity index (χ0v) is 10.7. The van der Waals surface area contributed by atoms with E-state index < -0.39 is 0 Å². The van der Waals surface area contributed by atoms with Gasteiger partial charge in [0.15, 0.2) is 6.29 Å². The summed E-state index contributed by atoms with van der Waals surface area (Å²) in [5.74, 6) is -0.0187. The van der Waals surface area contributed by atoms with Gasteiger partial charge >= 0.3 is 5.97 Å². The van der Waals surface area contributed by atoms with Gasteiger partial charge in [-0.1, -0.05) is 15.9 Å². The number of hydrogen-bond donors (Lipinski definition) is 1. The van der Waals surface area contributed by atoms with Crippen LogP contribution in [0.4, 0.5) is 0 Å². The fraction of sp³-hybridized carbons (Fsp3) is 0.333. The second-order valence-corrected chi connectivity index (χ2v) is 4.79. The largest absolute Gasteiger partial charge is 0.425 e. The summed E-state index contributed by atoms with van der Waals surface area (Å²) in [6, 6.07) is 4.72. The molecule has 1 N–H and O–H groups in total. The molecule has 0 bridgehead atoms. The van der Waals surface area contributed by atoms with Gasteiger partial charge in [-0.15, -0.1) is 0 Å². The van der Waals surface area contributed by atoms with Crippen molar-refractivity contribution < 1.29 is 14.3 Å². The fourth-order valence-corrected chi connectivity index (χ4v) is 2.15. The van der Waals surface area contributed by atoms with E-state index in [4.69, 9.17) is 4.74 Å². The van der Waals surface area contributed by atoms with Gasteiger partial charge in [-0.2, -0.15) is 0 Å². The van der Waals surface area contributed by atoms with Crippen molar-refractivity contribution >= 4 is 28.2 Å². The van der Waals surface area contributed by atoms with E-state index in [0.29, 0.717) is 17.6 Å². The number of hydrogen-bond acceptors (Lipinski definition) is 4. The molecule has 1 aliphatic heterocycles. The minimum Gasteiger partial charge on any atom is -0.425 e. The van der Waals surface area contributed by atoms with Crippen LogP contribution in [-0.4, -0.2) is 24.8 Å². The summed E-state index contributed by atoms with van der Waals surface area (Å²) in [6.45, 7) is 0.834. The van der Waals surface area contributed by atoms with E-state index in [9.17, 15) is 9.59 Å². The lowest BCUT2D eigenvalue weighted by molar-refractivity contribution is -0.136. The van der Waals surface area contributed by atoms with Gasteiger partial charge in [0.1, 0.15) is 11.8 Å². The highest BCUT2D eigenvalue weighted by Gasteiger charge is 2.24. The molecule has 0 amide bonds. The Bertz CT molecular complexity index is 441. The standard InChI is InChI=1S/C12H12BrNO3/c13-9-3-4-11(8(6-9)7-15)17-12(16)10-2-1-5-14-10/h3-4,6-7,10,14H,1-2,5H2/t10-/m0/s1. The zero-order valence-electron chi connectivity index (χ0n) is 9.11. The molecule has 0 aliphatic carbocycles. The maximum atomic E-state index is 11.8. The second kappa shape index (κ2) is 5.42. The minimum atomic E-state index is -0.326. The molecule has 1 fully saturated rings. The molecule has 5 heteroatoms. The number of benzene rings is 1. The zero-order chi connectivity index (χ0) is 12.3. The van der Waals surface area contributed by atoms with Gasteiger partial charge in [0.25, 0.3) is 0 Å². The average Bonchev–Trinajstić information content (AvgIpc) is 2.85. The molecule has 0 spiro atoms. The van der Waals surface area contributed by atoms with Crippen LogP contribution in [0, 0.1) is 0 Å². The van der Waals surface area contributed by atoms with Crippen LogP contribution >= 0.6 is 15.9 Å². The average molecular weight is 298 g/mol. The van der Waals surface area contributed by atoms with Gasteiger partial charge in [-0.25, -0.2) is 4.79 Å². The van der Waals surface area contributed by atoms with E-state index in [0.717, 1.165) is 23.9 Å². The predicted octanol–water partition coefficient (Wildman–Crippen LogP) is 1.92. The normalized spacial score (nSPS) is 19.0. The van der Waals surface area contributed by atoms with Crippen molar-refractivity contribution in [3.63, 3.8) is 0 Å². The Morgan fingerprint density at radius 2 is 2.35 bits per heavy atom.